The largest absolute Gasteiger partial charge is 0.478 e. The summed E-state index contributed by atoms with van der Waals surface area (Å²) in [6.07, 6.45) is 2.21. The Labute approximate surface area is 173 Å². The average molecular weight is 445 g/mol. The molecule has 28 heavy (non-hydrogen) atoms. The van der Waals surface area contributed by atoms with E-state index in [9.17, 15) is 13.2 Å². The van der Waals surface area contributed by atoms with Gasteiger partial charge in [0.2, 0.25) is 10.0 Å². The number of halogens is 1. The lowest BCUT2D eigenvalue weighted by Gasteiger charge is -2.21. The Balaban J connectivity index is 1.59. The standard InChI is InChI=1S/C18H21ClN2O5S2/c1-28(23,24)21-8-6-17(26-16-5-4-13(19)11-15(16)21)18(22)20-7-10-27-12-14-3-2-9-25-14/h2-5,9,11,17H,6-8,10,12H2,1H3,(H,20,22)/t17-/m0/s1. The molecule has 0 unspecified atom stereocenters. The summed E-state index contributed by atoms with van der Waals surface area (Å²) in [5.41, 5.74) is 0.347. The molecule has 3 rings (SSSR count). The fourth-order valence-electron chi connectivity index (χ4n) is 2.81. The quantitative estimate of drug-likeness (QED) is 0.660. The van der Waals surface area contributed by atoms with Crippen molar-refractivity contribution in [1.29, 1.82) is 0 Å². The number of hydrogen-bond donors (Lipinski definition) is 1. The van der Waals surface area contributed by atoms with Crippen LogP contribution in [0.15, 0.2) is 41.0 Å². The Hall–Kier alpha value is -1.84. The van der Waals surface area contributed by atoms with Crippen molar-refractivity contribution in [2.24, 2.45) is 0 Å². The lowest BCUT2D eigenvalue weighted by atomic mass is 10.2. The van der Waals surface area contributed by atoms with E-state index in [4.69, 9.17) is 20.8 Å². The second kappa shape index (κ2) is 9.11. The molecule has 152 valence electrons. The van der Waals surface area contributed by atoms with Crippen LogP contribution in [0.5, 0.6) is 5.75 Å². The SMILES string of the molecule is CS(=O)(=O)N1CC[C@@H](C(=O)NCCSCc2ccco2)Oc2ccc(Cl)cc21. The molecule has 2 heterocycles. The van der Waals surface area contributed by atoms with E-state index in [-0.39, 0.29) is 18.9 Å². The smallest absolute Gasteiger partial charge is 0.261 e. The highest BCUT2D eigenvalue weighted by Gasteiger charge is 2.31. The van der Waals surface area contributed by atoms with Crippen LogP contribution < -0.4 is 14.4 Å². The minimum Gasteiger partial charge on any atom is -0.478 e. The predicted molar refractivity (Wildman–Crippen MR) is 111 cm³/mol. The van der Waals surface area contributed by atoms with Gasteiger partial charge in [0.25, 0.3) is 5.91 Å². The van der Waals surface area contributed by atoms with Crippen LogP contribution >= 0.6 is 23.4 Å². The fourth-order valence-corrected chi connectivity index (χ4v) is 4.67. The van der Waals surface area contributed by atoms with Crippen molar-refractivity contribution in [3.05, 3.63) is 47.4 Å². The highest BCUT2D eigenvalue weighted by molar-refractivity contribution is 7.98. The van der Waals surface area contributed by atoms with E-state index in [1.54, 1.807) is 30.2 Å². The summed E-state index contributed by atoms with van der Waals surface area (Å²) < 4.78 is 36.6. The van der Waals surface area contributed by atoms with E-state index < -0.39 is 16.1 Å². The second-order valence-corrected chi connectivity index (χ2v) is 9.71. The molecule has 2 aromatic rings. The number of amides is 1. The van der Waals surface area contributed by atoms with Crippen molar-refractivity contribution in [2.45, 2.75) is 18.3 Å². The van der Waals surface area contributed by atoms with Gasteiger partial charge in [-0.15, -0.1) is 0 Å². The van der Waals surface area contributed by atoms with Crippen molar-refractivity contribution < 1.29 is 22.4 Å². The number of nitrogens with one attached hydrogen (secondary N) is 1. The minimum absolute atomic E-state index is 0.136. The number of rotatable bonds is 7. The number of benzene rings is 1. The Morgan fingerprint density at radius 2 is 2.21 bits per heavy atom. The number of carbonyl (C=O) groups excluding carboxylic acids is 1. The van der Waals surface area contributed by atoms with Gasteiger partial charge in [0.05, 0.1) is 24.0 Å². The number of hydrogen-bond acceptors (Lipinski definition) is 6. The Bertz CT molecular complexity index is 918. The van der Waals surface area contributed by atoms with E-state index in [0.717, 1.165) is 23.5 Å². The third kappa shape index (κ3) is 5.36. The zero-order valence-corrected chi connectivity index (χ0v) is 17.6. The van der Waals surface area contributed by atoms with Crippen LogP contribution in [0.25, 0.3) is 0 Å². The van der Waals surface area contributed by atoms with Crippen molar-refractivity contribution in [3.63, 3.8) is 0 Å². The maximum absolute atomic E-state index is 12.5. The first-order valence-corrected chi connectivity index (χ1v) is 12.0. The van der Waals surface area contributed by atoms with Crippen LogP contribution in [0.2, 0.25) is 5.02 Å². The maximum Gasteiger partial charge on any atom is 0.261 e. The summed E-state index contributed by atoms with van der Waals surface area (Å²) in [5, 5.41) is 3.24. The van der Waals surface area contributed by atoms with Gasteiger partial charge in [-0.1, -0.05) is 11.6 Å². The molecule has 10 heteroatoms. The van der Waals surface area contributed by atoms with Crippen molar-refractivity contribution in [1.82, 2.24) is 5.32 Å². The normalized spacial score (nSPS) is 16.8. The summed E-state index contributed by atoms with van der Waals surface area (Å²) in [4.78, 5) is 12.5. The topological polar surface area (TPSA) is 88.9 Å². The van der Waals surface area contributed by atoms with E-state index in [0.29, 0.717) is 23.0 Å². The van der Waals surface area contributed by atoms with E-state index in [1.807, 2.05) is 12.1 Å². The number of sulfonamides is 1. The molecule has 1 aromatic heterocycles. The molecule has 1 N–H and O–H groups in total. The Morgan fingerprint density at radius 1 is 1.39 bits per heavy atom. The van der Waals surface area contributed by atoms with Gasteiger partial charge in [-0.05, 0) is 30.3 Å². The van der Waals surface area contributed by atoms with Gasteiger partial charge in [-0.2, -0.15) is 11.8 Å². The molecule has 0 saturated heterocycles. The van der Waals surface area contributed by atoms with Gasteiger partial charge in [0.1, 0.15) is 11.5 Å². The lowest BCUT2D eigenvalue weighted by molar-refractivity contribution is -0.127. The molecule has 1 aliphatic rings. The minimum atomic E-state index is -3.52. The van der Waals surface area contributed by atoms with Crippen LogP contribution in [0.1, 0.15) is 12.2 Å². The number of carbonyl (C=O) groups is 1. The zero-order chi connectivity index (χ0) is 20.1. The molecule has 1 aromatic carbocycles. The van der Waals surface area contributed by atoms with Crippen molar-refractivity contribution in [2.75, 3.05) is 29.4 Å². The van der Waals surface area contributed by atoms with Crippen LogP contribution in [0, 0.1) is 0 Å². The second-order valence-electron chi connectivity index (χ2n) is 6.27. The van der Waals surface area contributed by atoms with Gasteiger partial charge in [-0.25, -0.2) is 8.42 Å². The summed E-state index contributed by atoms with van der Waals surface area (Å²) in [7, 11) is -3.52. The summed E-state index contributed by atoms with van der Waals surface area (Å²) >= 11 is 7.66. The molecule has 0 aliphatic carbocycles. The average Bonchev–Trinajstić information content (AvgIpc) is 3.06. The Kier molecular flexibility index (Phi) is 6.79. The summed E-state index contributed by atoms with van der Waals surface area (Å²) in [5.74, 6) is 2.40. The third-order valence-corrected chi connectivity index (χ3v) is 6.51. The number of fused-ring (bicyclic) bond motifs is 1. The molecule has 1 amide bonds. The van der Waals surface area contributed by atoms with Crippen LogP contribution in [0.4, 0.5) is 5.69 Å². The molecule has 0 fully saturated rings. The number of ether oxygens (including phenoxy) is 1. The Morgan fingerprint density at radius 3 is 2.93 bits per heavy atom. The van der Waals surface area contributed by atoms with Gasteiger partial charge in [0, 0.05) is 30.3 Å². The number of furan rings is 1. The van der Waals surface area contributed by atoms with Gasteiger partial charge < -0.3 is 14.5 Å². The molecule has 0 radical (unpaired) electrons. The fraction of sp³-hybridized carbons (Fsp3) is 0.389. The van der Waals surface area contributed by atoms with Gasteiger partial charge >= 0.3 is 0 Å². The maximum atomic E-state index is 12.5. The predicted octanol–water partition coefficient (Wildman–Crippen LogP) is 2.90. The monoisotopic (exact) mass is 444 g/mol. The summed E-state index contributed by atoms with van der Waals surface area (Å²) in [6, 6.07) is 8.46. The zero-order valence-electron chi connectivity index (χ0n) is 15.3. The van der Waals surface area contributed by atoms with Crippen LogP contribution in [0.3, 0.4) is 0 Å². The van der Waals surface area contributed by atoms with E-state index in [1.165, 1.54) is 10.4 Å². The first kappa shape index (κ1) is 20.9. The molecule has 0 spiro atoms. The number of thioether (sulfide) groups is 1. The molecule has 0 saturated carbocycles. The molecule has 1 atom stereocenters. The van der Waals surface area contributed by atoms with Crippen LogP contribution in [-0.2, 0) is 20.6 Å². The van der Waals surface area contributed by atoms with E-state index >= 15 is 0 Å². The van der Waals surface area contributed by atoms with Gasteiger partial charge in [-0.3, -0.25) is 9.10 Å². The highest BCUT2D eigenvalue weighted by Crippen LogP contribution is 2.36. The molecule has 1 aliphatic heterocycles. The lowest BCUT2D eigenvalue weighted by Crippen LogP contribution is -2.40. The number of nitrogens with zero attached hydrogens (tertiary/aromatic N) is 1. The first-order chi connectivity index (χ1) is 13.3. The van der Waals surface area contributed by atoms with E-state index in [2.05, 4.69) is 5.32 Å². The molecule has 0 bridgehead atoms. The van der Waals surface area contributed by atoms with Gasteiger partial charge in [0.15, 0.2) is 6.10 Å². The van der Waals surface area contributed by atoms with Crippen LogP contribution in [-0.4, -0.2) is 45.5 Å². The van der Waals surface area contributed by atoms with Crippen molar-refractivity contribution in [3.8, 4) is 5.75 Å². The summed E-state index contributed by atoms with van der Waals surface area (Å²) in [6.45, 7) is 0.616. The number of anilines is 1. The molecular weight excluding hydrogens is 424 g/mol. The third-order valence-electron chi connectivity index (χ3n) is 4.12. The molecule has 7 nitrogen and oxygen atoms in total. The molecular formula is C18H21ClN2O5S2. The van der Waals surface area contributed by atoms with Crippen molar-refractivity contribution >= 4 is 45.0 Å². The highest BCUT2D eigenvalue weighted by atomic mass is 35.5. The first-order valence-electron chi connectivity index (χ1n) is 8.66.